The van der Waals surface area contributed by atoms with Gasteiger partial charge in [-0.05, 0) is 67.3 Å². The highest BCUT2D eigenvalue weighted by molar-refractivity contribution is 7.89. The summed E-state index contributed by atoms with van der Waals surface area (Å²) in [4.78, 5) is 45.3. The Bertz CT molecular complexity index is 1360. The van der Waals surface area contributed by atoms with Gasteiger partial charge < -0.3 is 20.1 Å². The van der Waals surface area contributed by atoms with E-state index < -0.39 is 28.1 Å². The molecule has 1 aliphatic heterocycles. The maximum atomic E-state index is 14.3. The van der Waals surface area contributed by atoms with Crippen LogP contribution in [0.5, 0.6) is 5.75 Å². The predicted octanol–water partition coefficient (Wildman–Crippen LogP) is 3.78. The first-order valence-electron chi connectivity index (χ1n) is 15.5. The van der Waals surface area contributed by atoms with Crippen molar-refractivity contribution in [1.29, 1.82) is 0 Å². The quantitative estimate of drug-likeness (QED) is 0.263. The summed E-state index contributed by atoms with van der Waals surface area (Å²) in [6.07, 6.45) is 4.23. The van der Waals surface area contributed by atoms with Crippen LogP contribution in [0.2, 0.25) is 0 Å². The number of piperidine rings is 1. The minimum atomic E-state index is -4.22. The van der Waals surface area contributed by atoms with E-state index in [0.29, 0.717) is 51.1 Å². The number of methoxy groups -OCH3 is 1. The van der Waals surface area contributed by atoms with Crippen LogP contribution in [-0.4, -0.2) is 80.0 Å². The van der Waals surface area contributed by atoms with Gasteiger partial charge in [0, 0.05) is 32.6 Å². The third-order valence-corrected chi connectivity index (χ3v) is 10.5. The number of ether oxygens (including phenoxy) is 1. The summed E-state index contributed by atoms with van der Waals surface area (Å²) in [7, 11) is -2.73. The molecule has 2 fully saturated rings. The largest absolute Gasteiger partial charge is 0.497 e. The van der Waals surface area contributed by atoms with Gasteiger partial charge in [-0.25, -0.2) is 18.7 Å². The van der Waals surface area contributed by atoms with Crippen molar-refractivity contribution in [1.82, 2.24) is 20.0 Å². The molecule has 4 rings (SSSR count). The number of sulfonamides is 1. The Kier molecular flexibility index (Phi) is 12.6. The smallest absolute Gasteiger partial charge is 0.404 e. The van der Waals surface area contributed by atoms with Crippen LogP contribution in [-0.2, 0) is 31.1 Å². The first-order chi connectivity index (χ1) is 21.7. The molecule has 246 valence electrons. The molecule has 0 spiro atoms. The van der Waals surface area contributed by atoms with Crippen molar-refractivity contribution in [2.45, 2.75) is 68.9 Å². The number of carboxylic acid groups (broad SMARTS) is 1. The van der Waals surface area contributed by atoms with Gasteiger partial charge in [0.05, 0.1) is 18.6 Å². The van der Waals surface area contributed by atoms with Crippen LogP contribution in [0.25, 0.3) is 0 Å². The fourth-order valence-electron chi connectivity index (χ4n) is 6.13. The molecule has 12 nitrogen and oxygen atoms in total. The van der Waals surface area contributed by atoms with E-state index in [9.17, 15) is 22.8 Å². The zero-order valence-corrected chi connectivity index (χ0v) is 26.5. The molecule has 0 radical (unpaired) electrons. The number of carbonyl (C=O) groups excluding carboxylic acids is 2. The Hall–Kier alpha value is -3.68. The summed E-state index contributed by atoms with van der Waals surface area (Å²) in [5, 5.41) is 11.3. The summed E-state index contributed by atoms with van der Waals surface area (Å²) in [6, 6.07) is 14.3. The standard InChI is InChI=1S/C32H44N4O8S/c1-43-27-12-14-28(15-13-27)45(41,42)36(21-18-29(37)35-19-16-24(17-20-35)22-33-32(39)40)30(26-10-6-3-7-11-26)31(38)34-44-23-25-8-4-2-5-9-25/h2,4-5,8-9,12-15,24,26,30,33H,3,6-7,10-11,16-23H2,1H3,(H,34,38)(H,39,40). The molecule has 0 aromatic heterocycles. The summed E-state index contributed by atoms with van der Waals surface area (Å²) in [5.41, 5.74) is 3.37. The molecule has 0 bridgehead atoms. The first-order valence-corrected chi connectivity index (χ1v) is 17.0. The molecule has 3 N–H and O–H groups in total. The summed E-state index contributed by atoms with van der Waals surface area (Å²) < 4.78 is 34.9. The molecule has 1 saturated carbocycles. The number of rotatable bonds is 14. The van der Waals surface area contributed by atoms with E-state index in [1.165, 1.54) is 23.5 Å². The van der Waals surface area contributed by atoms with Gasteiger partial charge in [0.2, 0.25) is 15.9 Å². The predicted molar refractivity (Wildman–Crippen MR) is 167 cm³/mol. The number of nitrogens with zero attached hydrogens (tertiary/aromatic N) is 2. The van der Waals surface area contributed by atoms with Gasteiger partial charge in [0.1, 0.15) is 11.8 Å². The monoisotopic (exact) mass is 644 g/mol. The van der Waals surface area contributed by atoms with E-state index >= 15 is 0 Å². The number of amides is 3. The molecule has 1 unspecified atom stereocenters. The number of likely N-dealkylation sites (tertiary alicyclic amines) is 1. The lowest BCUT2D eigenvalue weighted by atomic mass is 9.83. The number of hydrogen-bond donors (Lipinski definition) is 3. The van der Waals surface area contributed by atoms with Crippen molar-refractivity contribution < 1.29 is 37.5 Å². The summed E-state index contributed by atoms with van der Waals surface area (Å²) in [6.45, 7) is 1.17. The van der Waals surface area contributed by atoms with Crippen LogP contribution in [0.3, 0.4) is 0 Å². The molecule has 1 saturated heterocycles. The number of nitrogens with one attached hydrogen (secondary N) is 2. The lowest BCUT2D eigenvalue weighted by molar-refractivity contribution is -0.141. The van der Waals surface area contributed by atoms with Crippen LogP contribution < -0.4 is 15.5 Å². The lowest BCUT2D eigenvalue weighted by Gasteiger charge is -2.37. The SMILES string of the molecule is COc1ccc(S(=O)(=O)N(CCC(=O)N2CCC(CNC(=O)O)CC2)C(C(=O)NOCc2ccccc2)C2CCCCC2)cc1. The Morgan fingerprint density at radius 3 is 2.27 bits per heavy atom. The van der Waals surface area contributed by atoms with Gasteiger partial charge in [-0.3, -0.25) is 14.4 Å². The van der Waals surface area contributed by atoms with Gasteiger partial charge in [0.15, 0.2) is 0 Å². The Morgan fingerprint density at radius 2 is 1.64 bits per heavy atom. The van der Waals surface area contributed by atoms with Crippen LogP contribution in [0, 0.1) is 11.8 Å². The fourth-order valence-corrected chi connectivity index (χ4v) is 7.78. The van der Waals surface area contributed by atoms with Gasteiger partial charge in [0.25, 0.3) is 5.91 Å². The maximum absolute atomic E-state index is 14.3. The third kappa shape index (κ3) is 9.65. The van der Waals surface area contributed by atoms with Gasteiger partial charge in [-0.15, -0.1) is 0 Å². The fraction of sp³-hybridized carbons (Fsp3) is 0.531. The second-order valence-corrected chi connectivity index (χ2v) is 13.5. The normalized spacial score (nSPS) is 17.1. The van der Waals surface area contributed by atoms with Crippen LogP contribution in [0.1, 0.15) is 56.9 Å². The van der Waals surface area contributed by atoms with Gasteiger partial charge in [-0.1, -0.05) is 49.6 Å². The van der Waals surface area contributed by atoms with Crippen molar-refractivity contribution in [3.05, 3.63) is 60.2 Å². The summed E-state index contributed by atoms with van der Waals surface area (Å²) >= 11 is 0. The van der Waals surface area contributed by atoms with Gasteiger partial charge >= 0.3 is 6.09 Å². The molecule has 2 aliphatic rings. The Morgan fingerprint density at radius 1 is 0.978 bits per heavy atom. The highest BCUT2D eigenvalue weighted by atomic mass is 32.2. The van der Waals surface area contributed by atoms with E-state index in [0.717, 1.165) is 24.8 Å². The average Bonchev–Trinajstić information content (AvgIpc) is 3.06. The van der Waals surface area contributed by atoms with E-state index in [4.69, 9.17) is 14.7 Å². The molecular weight excluding hydrogens is 600 g/mol. The van der Waals surface area contributed by atoms with Crippen LogP contribution in [0.15, 0.2) is 59.5 Å². The molecule has 45 heavy (non-hydrogen) atoms. The number of benzene rings is 2. The zero-order valence-electron chi connectivity index (χ0n) is 25.7. The molecule has 1 atom stereocenters. The molecule has 1 aliphatic carbocycles. The number of carbonyl (C=O) groups is 3. The second kappa shape index (κ2) is 16.6. The van der Waals surface area contributed by atoms with Crippen molar-refractivity contribution in [2.75, 3.05) is 33.3 Å². The topological polar surface area (TPSA) is 155 Å². The Balaban J connectivity index is 1.54. The first kappa shape index (κ1) is 34.2. The lowest BCUT2D eigenvalue weighted by Crippen LogP contribution is -2.54. The molecule has 3 amide bonds. The highest BCUT2D eigenvalue weighted by Crippen LogP contribution is 2.33. The van der Waals surface area contributed by atoms with E-state index in [2.05, 4.69) is 10.8 Å². The minimum Gasteiger partial charge on any atom is -0.497 e. The van der Waals surface area contributed by atoms with Crippen molar-refractivity contribution >= 4 is 27.9 Å². The van der Waals surface area contributed by atoms with Crippen molar-refractivity contribution in [3.8, 4) is 5.75 Å². The minimum absolute atomic E-state index is 0.00121. The van der Waals surface area contributed by atoms with Crippen LogP contribution >= 0.6 is 0 Å². The number of hydroxylamine groups is 1. The molecule has 2 aromatic rings. The van der Waals surface area contributed by atoms with Gasteiger partial charge in [-0.2, -0.15) is 4.31 Å². The van der Waals surface area contributed by atoms with E-state index in [1.54, 1.807) is 17.0 Å². The summed E-state index contributed by atoms with van der Waals surface area (Å²) in [5.74, 6) is -0.396. The molecule has 2 aromatic carbocycles. The van der Waals surface area contributed by atoms with Crippen molar-refractivity contribution in [2.24, 2.45) is 11.8 Å². The van der Waals surface area contributed by atoms with E-state index in [1.807, 2.05) is 30.3 Å². The molecule has 1 heterocycles. The second-order valence-electron chi connectivity index (χ2n) is 11.6. The number of hydrogen-bond acceptors (Lipinski definition) is 7. The third-order valence-electron chi connectivity index (χ3n) is 8.65. The highest BCUT2D eigenvalue weighted by Gasteiger charge is 2.42. The maximum Gasteiger partial charge on any atom is 0.404 e. The Labute approximate surface area is 265 Å². The molecular formula is C32H44N4O8S. The zero-order chi connectivity index (χ0) is 32.2. The van der Waals surface area contributed by atoms with Crippen LogP contribution in [0.4, 0.5) is 4.79 Å². The van der Waals surface area contributed by atoms with Crippen molar-refractivity contribution in [3.63, 3.8) is 0 Å². The van der Waals surface area contributed by atoms with E-state index in [-0.39, 0.29) is 42.2 Å². The average molecular weight is 645 g/mol. The molecule has 13 heteroatoms.